The van der Waals surface area contributed by atoms with Crippen molar-refractivity contribution in [3.8, 4) is 0 Å². The van der Waals surface area contributed by atoms with Crippen molar-refractivity contribution in [3.05, 3.63) is 47.7 Å². The fourth-order valence-electron chi connectivity index (χ4n) is 1.91. The molecule has 2 aliphatic heterocycles. The molecule has 0 bridgehead atoms. The zero-order valence-electron chi connectivity index (χ0n) is 7.81. The summed E-state index contributed by atoms with van der Waals surface area (Å²) in [5, 5.41) is 0. The lowest BCUT2D eigenvalue weighted by Gasteiger charge is -2.31. The van der Waals surface area contributed by atoms with Crippen molar-refractivity contribution in [2.75, 3.05) is 11.6 Å². The molecule has 70 valence electrons. The molecule has 2 heterocycles. The summed E-state index contributed by atoms with van der Waals surface area (Å²) in [7, 11) is 0. The average Bonchev–Trinajstić information content (AvgIpc) is 2.29. The van der Waals surface area contributed by atoms with Gasteiger partial charge in [-0.2, -0.15) is 0 Å². The predicted molar refractivity (Wildman–Crippen MR) is 62.6 cm³/mol. The predicted octanol–water partition coefficient (Wildman–Crippen LogP) is 3.02. The number of benzene rings is 1. The maximum atomic E-state index is 2.32. The van der Waals surface area contributed by atoms with Gasteiger partial charge in [0.25, 0.3) is 0 Å². The van der Waals surface area contributed by atoms with Crippen LogP contribution >= 0.6 is 11.8 Å². The van der Waals surface area contributed by atoms with Crippen LogP contribution in [0.3, 0.4) is 0 Å². The Bertz CT molecular complexity index is 420. The summed E-state index contributed by atoms with van der Waals surface area (Å²) in [5.41, 5.74) is 4.08. The smallest absolute Gasteiger partial charge is 0.0685 e. The maximum Gasteiger partial charge on any atom is 0.0685 e. The molecule has 2 heteroatoms. The molecule has 0 aromatic heterocycles. The molecule has 0 N–H and O–H groups in total. The lowest BCUT2D eigenvalue weighted by atomic mass is 10.0. The molecule has 0 saturated carbocycles. The van der Waals surface area contributed by atoms with Crippen LogP contribution in [0, 0.1) is 0 Å². The third kappa shape index (κ3) is 1.18. The molecule has 3 rings (SSSR count). The first-order valence-electron chi connectivity index (χ1n) is 4.77. The summed E-state index contributed by atoms with van der Waals surface area (Å²) >= 11 is 1.95. The highest BCUT2D eigenvalue weighted by Gasteiger charge is 2.18. The van der Waals surface area contributed by atoms with Gasteiger partial charge in [0.1, 0.15) is 0 Å². The molecule has 2 aliphatic rings. The van der Waals surface area contributed by atoms with E-state index in [9.17, 15) is 0 Å². The summed E-state index contributed by atoms with van der Waals surface area (Å²) in [6, 6.07) is 8.58. The van der Waals surface area contributed by atoms with Gasteiger partial charge in [-0.25, -0.2) is 0 Å². The topological polar surface area (TPSA) is 3.24 Å². The van der Waals surface area contributed by atoms with Gasteiger partial charge in [-0.3, -0.25) is 0 Å². The number of hydrogen-bond acceptors (Lipinski definition) is 2. The second-order valence-electron chi connectivity index (χ2n) is 3.46. The maximum absolute atomic E-state index is 2.32. The number of fused-ring (bicyclic) bond motifs is 3. The molecule has 1 aromatic carbocycles. The van der Waals surface area contributed by atoms with E-state index in [4.69, 9.17) is 0 Å². The molecule has 14 heavy (non-hydrogen) atoms. The molecule has 0 aliphatic carbocycles. The van der Waals surface area contributed by atoms with Crippen LogP contribution < -0.4 is 0 Å². The van der Waals surface area contributed by atoms with Crippen molar-refractivity contribution in [1.29, 1.82) is 0 Å². The van der Waals surface area contributed by atoms with E-state index < -0.39 is 0 Å². The zero-order chi connectivity index (χ0) is 9.38. The molecule has 0 radical (unpaired) electrons. The molecule has 1 aromatic rings. The van der Waals surface area contributed by atoms with Crippen LogP contribution in [-0.2, 0) is 0 Å². The van der Waals surface area contributed by atoms with Gasteiger partial charge in [-0.15, -0.1) is 11.8 Å². The van der Waals surface area contributed by atoms with Crippen LogP contribution in [0.25, 0.3) is 11.8 Å². The summed E-state index contributed by atoms with van der Waals surface area (Å²) < 4.78 is 0. The molecular formula is C12H11NS. The third-order valence-electron chi connectivity index (χ3n) is 2.61. The Kier molecular flexibility index (Phi) is 1.88. The van der Waals surface area contributed by atoms with E-state index >= 15 is 0 Å². The molecule has 0 spiro atoms. The van der Waals surface area contributed by atoms with Gasteiger partial charge in [0.05, 0.1) is 5.88 Å². The van der Waals surface area contributed by atoms with Gasteiger partial charge in [0.15, 0.2) is 0 Å². The Morgan fingerprint density at radius 1 is 1.21 bits per heavy atom. The third-order valence-corrected chi connectivity index (χ3v) is 3.47. The minimum absolute atomic E-state index is 1.08. The fraction of sp³-hybridized carbons (Fsp3) is 0.167. The number of rotatable bonds is 0. The van der Waals surface area contributed by atoms with Gasteiger partial charge in [0.2, 0.25) is 0 Å². The molecule has 0 saturated heterocycles. The Morgan fingerprint density at radius 2 is 2.14 bits per heavy atom. The second-order valence-corrected chi connectivity index (χ2v) is 4.46. The van der Waals surface area contributed by atoms with Crippen molar-refractivity contribution in [2.24, 2.45) is 0 Å². The van der Waals surface area contributed by atoms with Gasteiger partial charge < -0.3 is 4.90 Å². The summed E-state index contributed by atoms with van der Waals surface area (Å²) in [6.45, 7) is 0. The van der Waals surface area contributed by atoms with Crippen LogP contribution in [0.1, 0.15) is 11.1 Å². The summed E-state index contributed by atoms with van der Waals surface area (Å²) in [4.78, 5) is 2.32. The number of hydrogen-bond donors (Lipinski definition) is 0. The van der Waals surface area contributed by atoms with Gasteiger partial charge in [0, 0.05) is 23.2 Å². The SMILES string of the molecule is C1=CN2CSCC=C2c2ccccc21. The van der Waals surface area contributed by atoms with Crippen molar-refractivity contribution < 1.29 is 0 Å². The Labute approximate surface area is 88.1 Å². The minimum atomic E-state index is 1.08. The monoisotopic (exact) mass is 201 g/mol. The Balaban J connectivity index is 2.17. The second kappa shape index (κ2) is 3.21. The summed E-state index contributed by atoms with van der Waals surface area (Å²) in [5.74, 6) is 2.21. The van der Waals surface area contributed by atoms with Gasteiger partial charge in [-0.1, -0.05) is 30.3 Å². The molecular weight excluding hydrogens is 190 g/mol. The van der Waals surface area contributed by atoms with E-state index in [-0.39, 0.29) is 0 Å². The van der Waals surface area contributed by atoms with Crippen molar-refractivity contribution in [2.45, 2.75) is 0 Å². The normalized spacial score (nSPS) is 18.6. The van der Waals surface area contributed by atoms with E-state index in [0.29, 0.717) is 0 Å². The van der Waals surface area contributed by atoms with Crippen LogP contribution in [0.15, 0.2) is 36.5 Å². The number of nitrogens with zero attached hydrogens (tertiary/aromatic N) is 1. The summed E-state index contributed by atoms with van der Waals surface area (Å²) in [6.07, 6.45) is 6.69. The first-order chi connectivity index (χ1) is 6.95. The highest BCUT2D eigenvalue weighted by atomic mass is 32.2. The van der Waals surface area contributed by atoms with Gasteiger partial charge >= 0.3 is 0 Å². The molecule has 0 atom stereocenters. The van der Waals surface area contributed by atoms with Crippen LogP contribution in [0.4, 0.5) is 0 Å². The van der Waals surface area contributed by atoms with E-state index in [1.54, 1.807) is 0 Å². The van der Waals surface area contributed by atoms with Crippen molar-refractivity contribution in [3.63, 3.8) is 0 Å². The van der Waals surface area contributed by atoms with Crippen molar-refractivity contribution in [1.82, 2.24) is 4.90 Å². The number of thioether (sulfide) groups is 1. The fourth-order valence-corrected chi connectivity index (χ4v) is 2.71. The zero-order valence-corrected chi connectivity index (χ0v) is 8.63. The Hall–Kier alpha value is -1.15. The first kappa shape index (κ1) is 8.18. The first-order valence-corrected chi connectivity index (χ1v) is 5.93. The highest BCUT2D eigenvalue weighted by molar-refractivity contribution is 7.99. The quantitative estimate of drug-likeness (QED) is 0.634. The lowest BCUT2D eigenvalue weighted by Crippen LogP contribution is -2.21. The highest BCUT2D eigenvalue weighted by Crippen LogP contribution is 2.33. The van der Waals surface area contributed by atoms with Crippen LogP contribution in [-0.4, -0.2) is 16.5 Å². The van der Waals surface area contributed by atoms with E-state index in [1.807, 2.05) is 11.8 Å². The van der Waals surface area contributed by atoms with Crippen molar-refractivity contribution >= 4 is 23.5 Å². The van der Waals surface area contributed by atoms with E-state index in [0.717, 1.165) is 11.6 Å². The molecule has 1 nitrogen and oxygen atoms in total. The minimum Gasteiger partial charge on any atom is -0.338 e. The largest absolute Gasteiger partial charge is 0.338 e. The molecule has 0 amide bonds. The van der Waals surface area contributed by atoms with Crippen LogP contribution in [0.2, 0.25) is 0 Å². The van der Waals surface area contributed by atoms with Crippen LogP contribution in [0.5, 0.6) is 0 Å². The average molecular weight is 201 g/mol. The standard InChI is InChI=1S/C12H11NS/c1-2-4-11-10(3-1)5-7-13-9-14-8-6-12(11)13/h1-7H,8-9H2. The lowest BCUT2D eigenvalue weighted by molar-refractivity contribution is 0.624. The van der Waals surface area contributed by atoms with E-state index in [2.05, 4.69) is 47.5 Å². The molecule has 0 unspecified atom stereocenters. The van der Waals surface area contributed by atoms with Gasteiger partial charge in [-0.05, 0) is 11.6 Å². The Morgan fingerprint density at radius 3 is 3.14 bits per heavy atom. The molecule has 0 fully saturated rings. The van der Waals surface area contributed by atoms with E-state index in [1.165, 1.54) is 16.8 Å².